The minimum atomic E-state index is 0.617. The van der Waals surface area contributed by atoms with Gasteiger partial charge in [-0.15, -0.1) is 0 Å². The molecule has 3 nitrogen and oxygen atoms in total. The lowest BCUT2D eigenvalue weighted by molar-refractivity contribution is 0.836. The van der Waals surface area contributed by atoms with Crippen LogP contribution in [0.15, 0.2) is 18.2 Å². The van der Waals surface area contributed by atoms with Crippen molar-refractivity contribution in [3.63, 3.8) is 0 Å². The minimum absolute atomic E-state index is 0.617. The molecule has 0 atom stereocenters. The zero-order valence-corrected chi connectivity index (χ0v) is 10.5. The maximum atomic E-state index is 6.08. The summed E-state index contributed by atoms with van der Waals surface area (Å²) in [7, 11) is 0. The van der Waals surface area contributed by atoms with Crippen molar-refractivity contribution in [1.29, 1.82) is 0 Å². The Kier molecular flexibility index (Phi) is 2.82. The molecule has 0 bridgehead atoms. The second kappa shape index (κ2) is 4.00. The van der Waals surface area contributed by atoms with E-state index in [0.29, 0.717) is 15.7 Å². The van der Waals surface area contributed by atoms with Crippen molar-refractivity contribution >= 4 is 28.9 Å². The Balaban J connectivity index is 2.67. The number of nitrogens with two attached hydrogens (primary N) is 1. The molecule has 84 valence electrons. The lowest BCUT2D eigenvalue weighted by Crippen LogP contribution is -2.03. The highest BCUT2D eigenvalue weighted by Gasteiger charge is 2.12. The number of aromatic nitrogens is 2. The highest BCUT2D eigenvalue weighted by molar-refractivity contribution is 6.32. The normalized spacial score (nSPS) is 10.8. The summed E-state index contributed by atoms with van der Waals surface area (Å²) in [5, 5.41) is 5.60. The molecule has 0 aliphatic rings. The topological polar surface area (TPSA) is 43.8 Å². The summed E-state index contributed by atoms with van der Waals surface area (Å²) in [6, 6.07) is 5.27. The number of benzene rings is 1. The first-order chi connectivity index (χ1) is 7.50. The summed E-state index contributed by atoms with van der Waals surface area (Å²) < 4.78 is 1.71. The third-order valence-corrected chi connectivity index (χ3v) is 3.21. The Morgan fingerprint density at radius 1 is 1.25 bits per heavy atom. The first-order valence-corrected chi connectivity index (χ1v) is 5.53. The number of halogens is 2. The van der Waals surface area contributed by atoms with Crippen LogP contribution in [0.2, 0.25) is 10.0 Å². The molecule has 1 aromatic heterocycles. The van der Waals surface area contributed by atoms with Crippen LogP contribution in [0.5, 0.6) is 0 Å². The molecule has 0 radical (unpaired) electrons. The summed E-state index contributed by atoms with van der Waals surface area (Å²) in [5.74, 6) is 0. The molecule has 0 unspecified atom stereocenters. The molecule has 0 saturated carbocycles. The van der Waals surface area contributed by atoms with Gasteiger partial charge in [-0.1, -0.05) is 23.2 Å². The Bertz CT molecular complexity index is 546. The molecule has 0 fully saturated rings. The van der Waals surface area contributed by atoms with Gasteiger partial charge in [0.2, 0.25) is 0 Å². The fraction of sp³-hybridized carbons (Fsp3) is 0.182. The number of aryl methyl sites for hydroxylation is 1. The van der Waals surface area contributed by atoms with Crippen molar-refractivity contribution in [3.05, 3.63) is 39.6 Å². The van der Waals surface area contributed by atoms with Crippen LogP contribution in [0, 0.1) is 13.8 Å². The highest BCUT2D eigenvalue weighted by atomic mass is 35.5. The van der Waals surface area contributed by atoms with E-state index >= 15 is 0 Å². The van der Waals surface area contributed by atoms with E-state index in [1.807, 2.05) is 13.8 Å². The Morgan fingerprint density at radius 2 is 1.94 bits per heavy atom. The van der Waals surface area contributed by atoms with E-state index in [-0.39, 0.29) is 0 Å². The summed E-state index contributed by atoms with van der Waals surface area (Å²) in [6.45, 7) is 3.75. The Hall–Kier alpha value is -1.19. The fourth-order valence-corrected chi connectivity index (χ4v) is 1.84. The SMILES string of the molecule is Cc1nn(-c2cc(Cl)ccc2N)c(C)c1Cl. The zero-order chi connectivity index (χ0) is 11.9. The van der Waals surface area contributed by atoms with Gasteiger partial charge in [0.05, 0.1) is 27.8 Å². The molecular formula is C11H11Cl2N3. The van der Waals surface area contributed by atoms with E-state index in [0.717, 1.165) is 17.1 Å². The standard InChI is InChI=1S/C11H11Cl2N3/c1-6-11(13)7(2)16(15-6)10-5-8(12)3-4-9(10)14/h3-5H,14H2,1-2H3. The van der Waals surface area contributed by atoms with Crippen LogP contribution in [0.1, 0.15) is 11.4 Å². The minimum Gasteiger partial charge on any atom is -0.397 e. The van der Waals surface area contributed by atoms with Crippen molar-refractivity contribution in [3.8, 4) is 5.69 Å². The second-order valence-electron chi connectivity index (χ2n) is 3.60. The molecule has 0 amide bonds. The van der Waals surface area contributed by atoms with Crippen molar-refractivity contribution in [1.82, 2.24) is 9.78 Å². The van der Waals surface area contributed by atoms with Crippen LogP contribution in [0.25, 0.3) is 5.69 Å². The molecule has 1 aromatic carbocycles. The number of nitrogen functional groups attached to an aromatic ring is 1. The smallest absolute Gasteiger partial charge is 0.0893 e. The molecule has 2 rings (SSSR count). The van der Waals surface area contributed by atoms with Gasteiger partial charge in [-0.2, -0.15) is 5.10 Å². The molecule has 2 N–H and O–H groups in total. The molecule has 2 aromatic rings. The number of nitrogens with zero attached hydrogens (tertiary/aromatic N) is 2. The van der Waals surface area contributed by atoms with Gasteiger partial charge in [0, 0.05) is 5.02 Å². The molecule has 5 heteroatoms. The summed E-state index contributed by atoms with van der Waals surface area (Å²) in [4.78, 5) is 0. The third-order valence-electron chi connectivity index (χ3n) is 2.42. The first kappa shape index (κ1) is 11.3. The number of hydrogen-bond acceptors (Lipinski definition) is 2. The second-order valence-corrected chi connectivity index (χ2v) is 4.41. The van der Waals surface area contributed by atoms with E-state index in [4.69, 9.17) is 28.9 Å². The number of anilines is 1. The van der Waals surface area contributed by atoms with E-state index < -0.39 is 0 Å². The molecule has 0 aliphatic carbocycles. The summed E-state index contributed by atoms with van der Waals surface area (Å²) in [5.41, 5.74) is 8.89. The summed E-state index contributed by atoms with van der Waals surface area (Å²) >= 11 is 12.0. The van der Waals surface area contributed by atoms with Gasteiger partial charge in [0.1, 0.15) is 0 Å². The Morgan fingerprint density at radius 3 is 2.50 bits per heavy atom. The van der Waals surface area contributed by atoms with E-state index in [1.165, 1.54) is 0 Å². The van der Waals surface area contributed by atoms with Crippen LogP contribution in [-0.4, -0.2) is 9.78 Å². The lowest BCUT2D eigenvalue weighted by Gasteiger charge is -2.08. The number of hydrogen-bond donors (Lipinski definition) is 1. The van der Waals surface area contributed by atoms with Crippen LogP contribution in [-0.2, 0) is 0 Å². The van der Waals surface area contributed by atoms with E-state index in [2.05, 4.69) is 5.10 Å². The fourth-order valence-electron chi connectivity index (χ4n) is 1.56. The third kappa shape index (κ3) is 1.77. The average Bonchev–Trinajstić information content (AvgIpc) is 2.50. The largest absolute Gasteiger partial charge is 0.397 e. The number of rotatable bonds is 1. The van der Waals surface area contributed by atoms with Gasteiger partial charge in [-0.3, -0.25) is 0 Å². The van der Waals surface area contributed by atoms with Crippen molar-refractivity contribution in [2.24, 2.45) is 0 Å². The summed E-state index contributed by atoms with van der Waals surface area (Å²) in [6.07, 6.45) is 0. The van der Waals surface area contributed by atoms with Gasteiger partial charge in [0.15, 0.2) is 0 Å². The predicted molar refractivity (Wildman–Crippen MR) is 67.5 cm³/mol. The van der Waals surface area contributed by atoms with Crippen LogP contribution in [0.4, 0.5) is 5.69 Å². The highest BCUT2D eigenvalue weighted by Crippen LogP contribution is 2.27. The van der Waals surface area contributed by atoms with Crippen molar-refractivity contribution in [2.45, 2.75) is 13.8 Å². The van der Waals surface area contributed by atoms with Crippen LogP contribution in [0.3, 0.4) is 0 Å². The van der Waals surface area contributed by atoms with Gasteiger partial charge in [-0.05, 0) is 32.0 Å². The van der Waals surface area contributed by atoms with Gasteiger partial charge >= 0.3 is 0 Å². The maximum absolute atomic E-state index is 6.08. The monoisotopic (exact) mass is 255 g/mol. The van der Waals surface area contributed by atoms with Crippen LogP contribution < -0.4 is 5.73 Å². The zero-order valence-electron chi connectivity index (χ0n) is 8.96. The van der Waals surface area contributed by atoms with Crippen molar-refractivity contribution < 1.29 is 0 Å². The maximum Gasteiger partial charge on any atom is 0.0893 e. The molecule has 16 heavy (non-hydrogen) atoms. The average molecular weight is 256 g/mol. The lowest BCUT2D eigenvalue weighted by atomic mass is 10.2. The molecule has 0 saturated heterocycles. The van der Waals surface area contributed by atoms with Gasteiger partial charge < -0.3 is 5.73 Å². The van der Waals surface area contributed by atoms with E-state index in [1.54, 1.807) is 22.9 Å². The molecular weight excluding hydrogens is 245 g/mol. The first-order valence-electron chi connectivity index (χ1n) is 4.78. The van der Waals surface area contributed by atoms with Gasteiger partial charge in [0.25, 0.3) is 0 Å². The Labute approximate surface area is 104 Å². The quantitative estimate of drug-likeness (QED) is 0.795. The van der Waals surface area contributed by atoms with Crippen molar-refractivity contribution in [2.75, 3.05) is 5.73 Å². The van der Waals surface area contributed by atoms with Crippen LogP contribution >= 0.6 is 23.2 Å². The molecule has 0 spiro atoms. The predicted octanol–water partition coefficient (Wildman–Crippen LogP) is 3.38. The van der Waals surface area contributed by atoms with E-state index in [9.17, 15) is 0 Å². The van der Waals surface area contributed by atoms with Gasteiger partial charge in [-0.25, -0.2) is 4.68 Å². The molecule has 1 heterocycles. The molecule has 0 aliphatic heterocycles.